The van der Waals surface area contributed by atoms with Crippen LogP contribution >= 0.6 is 11.6 Å². The molecule has 2 N–H and O–H groups in total. The molecule has 1 aliphatic rings. The fourth-order valence-corrected chi connectivity index (χ4v) is 4.90. The topological polar surface area (TPSA) is 115 Å². The van der Waals surface area contributed by atoms with E-state index >= 15 is 0 Å². The maximum absolute atomic E-state index is 11.2. The van der Waals surface area contributed by atoms with Crippen LogP contribution in [0.4, 0.5) is 0 Å². The van der Waals surface area contributed by atoms with Crippen molar-refractivity contribution in [3.63, 3.8) is 0 Å². The number of aliphatic imine (C=N–C) groups is 1. The summed E-state index contributed by atoms with van der Waals surface area (Å²) in [5, 5.41) is 27.0. The predicted molar refractivity (Wildman–Crippen MR) is 151 cm³/mol. The first kappa shape index (κ1) is 27.6. The summed E-state index contributed by atoms with van der Waals surface area (Å²) in [5.41, 5.74) is 4.67. The summed E-state index contributed by atoms with van der Waals surface area (Å²) >= 11 is 6.09. The number of benzene rings is 2. The number of rotatable bonds is 11. The van der Waals surface area contributed by atoms with Crippen LogP contribution in [0.1, 0.15) is 49.6 Å². The number of nitrogens with zero attached hydrogens (tertiary/aromatic N) is 6. The number of halogens is 1. The van der Waals surface area contributed by atoms with Crippen LogP contribution in [-0.4, -0.2) is 75.3 Å². The standard InChI is InChI=1S/C28H33ClN6O3/c1-30-18-31-34(2)22-13-15-35(16-14-22)28(38)20-9-12-23-25(17-20)32-24(5-3-4-6-26(36)37)27(33-23)19-7-10-21(29)11-8-19/h7-12,17-18,22,28,38H,1,3-6,13-16H2,2H3,(H,36,37)/b31-18-. The Kier molecular flexibility index (Phi) is 9.38. The molecule has 10 heteroatoms. The lowest BCUT2D eigenvalue weighted by Crippen LogP contribution is -2.43. The van der Waals surface area contributed by atoms with Crippen molar-refractivity contribution in [2.75, 3.05) is 20.1 Å². The van der Waals surface area contributed by atoms with E-state index < -0.39 is 12.2 Å². The number of piperidine rings is 1. The van der Waals surface area contributed by atoms with E-state index in [1.807, 2.05) is 54.5 Å². The number of aliphatic carboxylic acids is 1. The molecule has 1 aliphatic heterocycles. The molecule has 1 aromatic heterocycles. The number of likely N-dealkylation sites (tertiary alicyclic amines) is 1. The van der Waals surface area contributed by atoms with Gasteiger partial charge in [-0.2, -0.15) is 5.10 Å². The number of carbonyl (C=O) groups is 1. The lowest BCUT2D eigenvalue weighted by Gasteiger charge is -2.37. The Balaban J connectivity index is 1.55. The van der Waals surface area contributed by atoms with Gasteiger partial charge >= 0.3 is 5.97 Å². The van der Waals surface area contributed by atoms with Gasteiger partial charge in [0.2, 0.25) is 0 Å². The molecule has 1 fully saturated rings. The molecule has 0 aliphatic carbocycles. The average Bonchev–Trinajstić information content (AvgIpc) is 2.93. The van der Waals surface area contributed by atoms with E-state index in [4.69, 9.17) is 26.7 Å². The minimum absolute atomic E-state index is 0.123. The van der Waals surface area contributed by atoms with Crippen LogP contribution in [0.5, 0.6) is 0 Å². The van der Waals surface area contributed by atoms with Gasteiger partial charge in [0.1, 0.15) is 12.6 Å². The highest BCUT2D eigenvalue weighted by Gasteiger charge is 2.27. The number of carboxylic acid groups (broad SMARTS) is 1. The Hall–Kier alpha value is -3.40. The molecule has 0 amide bonds. The summed E-state index contributed by atoms with van der Waals surface area (Å²) in [6, 6.07) is 13.4. The fourth-order valence-electron chi connectivity index (χ4n) is 4.78. The summed E-state index contributed by atoms with van der Waals surface area (Å²) < 4.78 is 0. The highest BCUT2D eigenvalue weighted by Crippen LogP contribution is 2.29. The zero-order valence-electron chi connectivity index (χ0n) is 21.5. The van der Waals surface area contributed by atoms with Crippen LogP contribution in [0, 0.1) is 0 Å². The van der Waals surface area contributed by atoms with Crippen LogP contribution in [0.2, 0.25) is 5.02 Å². The zero-order valence-corrected chi connectivity index (χ0v) is 22.3. The first-order valence-corrected chi connectivity index (χ1v) is 13.1. The number of aryl methyl sites for hydroxylation is 1. The quantitative estimate of drug-likeness (QED) is 0.157. The van der Waals surface area contributed by atoms with Gasteiger partial charge in [-0.3, -0.25) is 19.7 Å². The van der Waals surface area contributed by atoms with E-state index in [9.17, 15) is 9.90 Å². The molecule has 1 unspecified atom stereocenters. The minimum atomic E-state index is -0.802. The molecule has 9 nitrogen and oxygen atoms in total. The number of aromatic nitrogens is 2. The van der Waals surface area contributed by atoms with Crippen molar-refractivity contribution < 1.29 is 15.0 Å². The smallest absolute Gasteiger partial charge is 0.303 e. The van der Waals surface area contributed by atoms with E-state index in [0.29, 0.717) is 29.8 Å². The number of carboxylic acids is 1. The van der Waals surface area contributed by atoms with E-state index in [1.165, 1.54) is 6.34 Å². The maximum Gasteiger partial charge on any atom is 0.303 e. The summed E-state index contributed by atoms with van der Waals surface area (Å²) in [4.78, 5) is 26.5. The Labute approximate surface area is 227 Å². The Morgan fingerprint density at radius 1 is 1.18 bits per heavy atom. The monoisotopic (exact) mass is 536 g/mol. The molecule has 0 bridgehead atoms. The predicted octanol–water partition coefficient (Wildman–Crippen LogP) is 4.78. The van der Waals surface area contributed by atoms with Gasteiger partial charge in [-0.05, 0) is 68.7 Å². The van der Waals surface area contributed by atoms with Crippen molar-refractivity contribution in [2.24, 2.45) is 10.1 Å². The number of unbranched alkanes of at least 4 members (excludes halogenated alkanes) is 1. The zero-order chi connectivity index (χ0) is 27.1. The first-order valence-electron chi connectivity index (χ1n) is 12.8. The number of aliphatic hydroxyl groups excluding tert-OH is 1. The second kappa shape index (κ2) is 12.9. The molecule has 4 rings (SSSR count). The summed E-state index contributed by atoms with van der Waals surface area (Å²) in [6.45, 7) is 4.89. The maximum atomic E-state index is 11.2. The molecule has 0 radical (unpaired) electrons. The van der Waals surface area contributed by atoms with Gasteiger partial charge in [-0.1, -0.05) is 29.8 Å². The second-order valence-corrected chi connectivity index (χ2v) is 9.94. The molecule has 200 valence electrons. The number of hydrogen-bond donors (Lipinski definition) is 2. The number of fused-ring (bicyclic) bond motifs is 1. The molecule has 1 atom stereocenters. The molecular weight excluding hydrogens is 504 g/mol. The summed E-state index contributed by atoms with van der Waals surface area (Å²) in [6.07, 6.45) is 4.42. The van der Waals surface area contributed by atoms with Gasteiger partial charge in [-0.15, -0.1) is 0 Å². The summed E-state index contributed by atoms with van der Waals surface area (Å²) in [5.74, 6) is -0.802. The molecule has 38 heavy (non-hydrogen) atoms. The van der Waals surface area contributed by atoms with E-state index in [1.54, 1.807) is 0 Å². The Bertz CT molecular complexity index is 1290. The number of hydrogen-bond acceptors (Lipinski definition) is 7. The van der Waals surface area contributed by atoms with Crippen molar-refractivity contribution in [1.82, 2.24) is 19.9 Å². The van der Waals surface area contributed by atoms with E-state index in [0.717, 1.165) is 54.0 Å². The van der Waals surface area contributed by atoms with Crippen LogP contribution in [0.15, 0.2) is 52.6 Å². The van der Waals surface area contributed by atoms with Gasteiger partial charge in [0.25, 0.3) is 0 Å². The van der Waals surface area contributed by atoms with Gasteiger partial charge < -0.3 is 10.2 Å². The van der Waals surface area contributed by atoms with Crippen LogP contribution < -0.4 is 0 Å². The molecule has 2 heterocycles. The lowest BCUT2D eigenvalue weighted by molar-refractivity contribution is -0.137. The van der Waals surface area contributed by atoms with Gasteiger partial charge in [-0.25, -0.2) is 9.97 Å². The normalized spacial score (nSPS) is 15.7. The lowest BCUT2D eigenvalue weighted by atomic mass is 10.0. The van der Waals surface area contributed by atoms with E-state index in [-0.39, 0.29) is 12.5 Å². The fraction of sp³-hybridized carbons (Fsp3) is 0.393. The molecule has 0 saturated carbocycles. The van der Waals surface area contributed by atoms with Gasteiger partial charge in [0, 0.05) is 43.2 Å². The van der Waals surface area contributed by atoms with Crippen molar-refractivity contribution in [1.29, 1.82) is 0 Å². The van der Waals surface area contributed by atoms with Crippen LogP contribution in [0.3, 0.4) is 0 Å². The van der Waals surface area contributed by atoms with Crippen molar-refractivity contribution in [3.05, 3.63) is 58.7 Å². The molecule has 1 saturated heterocycles. The molecule has 3 aromatic rings. The van der Waals surface area contributed by atoms with Crippen molar-refractivity contribution in [3.8, 4) is 11.3 Å². The second-order valence-electron chi connectivity index (χ2n) is 9.50. The molecule has 0 spiro atoms. The third-order valence-corrected chi connectivity index (χ3v) is 7.17. The Morgan fingerprint density at radius 2 is 1.92 bits per heavy atom. The SMILES string of the molecule is C=N/C=N\N(C)C1CCN(C(O)c2ccc3nc(-c4ccc(Cl)cc4)c(CCCCC(=O)O)nc3c2)CC1. The van der Waals surface area contributed by atoms with Crippen LogP contribution in [-0.2, 0) is 11.2 Å². The summed E-state index contributed by atoms with van der Waals surface area (Å²) in [7, 11) is 1.93. The average molecular weight is 537 g/mol. The molecular formula is C28H33ClN6O3. The van der Waals surface area contributed by atoms with Gasteiger partial charge in [0.15, 0.2) is 0 Å². The Morgan fingerprint density at radius 3 is 2.61 bits per heavy atom. The van der Waals surface area contributed by atoms with E-state index in [2.05, 4.69) is 21.7 Å². The molecule has 2 aromatic carbocycles. The third kappa shape index (κ3) is 6.92. The largest absolute Gasteiger partial charge is 0.481 e. The minimum Gasteiger partial charge on any atom is -0.481 e. The van der Waals surface area contributed by atoms with Crippen molar-refractivity contribution in [2.45, 2.75) is 50.8 Å². The third-order valence-electron chi connectivity index (χ3n) is 6.92. The highest BCUT2D eigenvalue weighted by molar-refractivity contribution is 6.30. The van der Waals surface area contributed by atoms with Crippen molar-refractivity contribution >= 4 is 41.7 Å². The van der Waals surface area contributed by atoms with Gasteiger partial charge in [0.05, 0.1) is 22.4 Å². The number of hydrazone groups is 1. The highest BCUT2D eigenvalue weighted by atomic mass is 35.5. The first-order chi connectivity index (χ1) is 18.4. The van der Waals surface area contributed by atoms with Crippen LogP contribution in [0.25, 0.3) is 22.3 Å². The number of aliphatic hydroxyl groups is 1.